The molecule has 0 spiro atoms. The number of nitrogens with two attached hydrogens (primary N) is 1. The molecule has 0 saturated carbocycles. The van der Waals surface area contributed by atoms with Gasteiger partial charge in [0.2, 0.25) is 5.88 Å². The normalized spacial score (nSPS) is 19.1. The second-order valence-electron chi connectivity index (χ2n) is 8.51. The van der Waals surface area contributed by atoms with E-state index in [4.69, 9.17) is 20.2 Å². The number of nitrogens with zero attached hydrogens (tertiary/aromatic N) is 3. The van der Waals surface area contributed by atoms with Gasteiger partial charge in [0.15, 0.2) is 0 Å². The molecule has 3 heterocycles. The number of fused-ring (bicyclic) bond motifs is 1. The SMILES string of the molecule is CCOC(=O)C1=C(CSc2nc3c(cc2C#N)C[NH+](C)CC3)OC(N)=C(C#N)[C@H]1c1ccc(F)cc1. The van der Waals surface area contributed by atoms with Gasteiger partial charge < -0.3 is 20.1 Å². The highest BCUT2D eigenvalue weighted by molar-refractivity contribution is 7.99. The number of nitrogens with one attached hydrogen (secondary N) is 1. The van der Waals surface area contributed by atoms with Crippen LogP contribution in [0.2, 0.25) is 0 Å². The largest absolute Gasteiger partial charge is 0.463 e. The third-order valence-electron chi connectivity index (χ3n) is 6.09. The van der Waals surface area contributed by atoms with E-state index in [1.807, 2.05) is 12.1 Å². The Balaban J connectivity index is 1.74. The Hall–Kier alpha value is -3.86. The Morgan fingerprint density at radius 2 is 2.08 bits per heavy atom. The number of quaternary nitrogens is 1. The Morgan fingerprint density at radius 3 is 2.75 bits per heavy atom. The van der Waals surface area contributed by atoms with Gasteiger partial charge in [0.25, 0.3) is 0 Å². The summed E-state index contributed by atoms with van der Waals surface area (Å²) in [6.45, 7) is 3.55. The molecule has 184 valence electrons. The maximum Gasteiger partial charge on any atom is 0.338 e. The topological polar surface area (TPSA) is 126 Å². The minimum atomic E-state index is -0.885. The molecule has 0 bridgehead atoms. The average molecular weight is 507 g/mol. The van der Waals surface area contributed by atoms with Gasteiger partial charge in [-0.1, -0.05) is 23.9 Å². The number of rotatable bonds is 6. The molecule has 0 radical (unpaired) electrons. The van der Waals surface area contributed by atoms with Crippen LogP contribution in [0.1, 0.15) is 35.2 Å². The van der Waals surface area contributed by atoms with Gasteiger partial charge in [0.05, 0.1) is 48.7 Å². The molecule has 10 heteroatoms. The molecule has 3 N–H and O–H groups in total. The number of pyridine rings is 1. The maximum absolute atomic E-state index is 13.6. The molecule has 0 amide bonds. The quantitative estimate of drug-likeness (QED) is 0.451. The summed E-state index contributed by atoms with van der Waals surface area (Å²) in [6.07, 6.45) is 0.807. The summed E-state index contributed by atoms with van der Waals surface area (Å²) in [5, 5.41) is 20.1. The minimum absolute atomic E-state index is 0.0367. The molecule has 0 fully saturated rings. The van der Waals surface area contributed by atoms with E-state index in [9.17, 15) is 19.7 Å². The number of allylic oxidation sites excluding steroid dienone is 1. The Bertz CT molecular complexity index is 1340. The number of hydrogen-bond donors (Lipinski definition) is 2. The molecular formula is C26H25FN5O3S+. The Labute approximate surface area is 212 Å². The van der Waals surface area contributed by atoms with Gasteiger partial charge in [-0.05, 0) is 30.7 Å². The van der Waals surface area contributed by atoms with E-state index in [0.717, 1.165) is 30.8 Å². The molecule has 0 saturated heterocycles. The molecule has 2 aliphatic heterocycles. The third kappa shape index (κ3) is 5.06. The standard InChI is InChI=1S/C26H24FN5O3S/c1-3-34-26(33)23-21(35-24(30)19(12-29)22(23)15-4-6-18(27)7-5-15)14-36-25-16(11-28)10-17-13-32(2)9-8-20(17)31-25/h4-7,10,22H,3,8-9,13-14,30H2,1-2H3/p+1/t22-/m1/s1. The van der Waals surface area contributed by atoms with Crippen molar-refractivity contribution in [3.8, 4) is 12.1 Å². The van der Waals surface area contributed by atoms with Crippen LogP contribution in [0, 0.1) is 28.5 Å². The van der Waals surface area contributed by atoms with Crippen LogP contribution in [0.15, 0.2) is 58.1 Å². The Kier molecular flexibility index (Phi) is 7.58. The maximum atomic E-state index is 13.6. The zero-order valence-corrected chi connectivity index (χ0v) is 20.7. The number of ether oxygens (including phenoxy) is 2. The summed E-state index contributed by atoms with van der Waals surface area (Å²) in [6, 6.07) is 11.6. The minimum Gasteiger partial charge on any atom is -0.463 e. The van der Waals surface area contributed by atoms with Gasteiger partial charge in [0.1, 0.15) is 40.9 Å². The lowest BCUT2D eigenvalue weighted by molar-refractivity contribution is -0.895. The molecule has 0 aliphatic carbocycles. The van der Waals surface area contributed by atoms with Crippen molar-refractivity contribution in [3.63, 3.8) is 0 Å². The van der Waals surface area contributed by atoms with Crippen LogP contribution >= 0.6 is 11.8 Å². The van der Waals surface area contributed by atoms with Gasteiger partial charge >= 0.3 is 5.97 Å². The van der Waals surface area contributed by atoms with E-state index in [-0.39, 0.29) is 35.1 Å². The number of likely N-dealkylation sites (N-methyl/N-ethyl adjacent to an activating group) is 1. The zero-order valence-electron chi connectivity index (χ0n) is 19.9. The second kappa shape index (κ2) is 10.8. The predicted octanol–water partition coefficient (Wildman–Crippen LogP) is 2.08. The van der Waals surface area contributed by atoms with E-state index in [1.165, 1.54) is 40.9 Å². The van der Waals surface area contributed by atoms with Gasteiger partial charge in [-0.15, -0.1) is 0 Å². The average Bonchev–Trinajstić information content (AvgIpc) is 2.87. The molecule has 4 rings (SSSR count). The molecule has 1 aromatic carbocycles. The first-order chi connectivity index (χ1) is 17.4. The highest BCUT2D eigenvalue weighted by Gasteiger charge is 2.37. The van der Waals surface area contributed by atoms with E-state index >= 15 is 0 Å². The van der Waals surface area contributed by atoms with E-state index < -0.39 is 17.7 Å². The molecule has 2 atom stereocenters. The zero-order chi connectivity index (χ0) is 25.8. The molecule has 2 aliphatic rings. The summed E-state index contributed by atoms with van der Waals surface area (Å²) >= 11 is 1.25. The number of carbonyl (C=O) groups is 1. The van der Waals surface area contributed by atoms with Crippen LogP contribution in [-0.4, -0.2) is 36.9 Å². The third-order valence-corrected chi connectivity index (χ3v) is 7.08. The predicted molar refractivity (Wildman–Crippen MR) is 130 cm³/mol. The number of nitriles is 2. The van der Waals surface area contributed by atoms with Crippen LogP contribution in [0.4, 0.5) is 4.39 Å². The molecule has 36 heavy (non-hydrogen) atoms. The number of thioether (sulfide) groups is 1. The van der Waals surface area contributed by atoms with Crippen molar-refractivity contribution in [2.75, 3.05) is 26.0 Å². The molecular weight excluding hydrogens is 481 g/mol. The van der Waals surface area contributed by atoms with Crippen molar-refractivity contribution < 1.29 is 23.6 Å². The van der Waals surface area contributed by atoms with Gasteiger partial charge in [0, 0.05) is 12.0 Å². The number of esters is 1. The van der Waals surface area contributed by atoms with Crippen molar-refractivity contribution >= 4 is 17.7 Å². The number of hydrogen-bond acceptors (Lipinski definition) is 8. The van der Waals surface area contributed by atoms with E-state index in [1.54, 1.807) is 6.92 Å². The lowest BCUT2D eigenvalue weighted by Crippen LogP contribution is -3.08. The van der Waals surface area contributed by atoms with Crippen molar-refractivity contribution in [1.82, 2.24) is 4.98 Å². The summed E-state index contributed by atoms with van der Waals surface area (Å²) in [4.78, 5) is 19.2. The summed E-state index contributed by atoms with van der Waals surface area (Å²) in [5.41, 5.74) is 9.21. The number of carbonyl (C=O) groups excluding carboxylic acids is 1. The van der Waals surface area contributed by atoms with Crippen molar-refractivity contribution in [2.45, 2.75) is 30.8 Å². The lowest BCUT2D eigenvalue weighted by atomic mass is 9.83. The summed E-state index contributed by atoms with van der Waals surface area (Å²) < 4.78 is 24.7. The van der Waals surface area contributed by atoms with Crippen molar-refractivity contribution in [2.24, 2.45) is 5.73 Å². The summed E-state index contributed by atoms with van der Waals surface area (Å²) in [7, 11) is 2.10. The molecule has 8 nitrogen and oxygen atoms in total. The first kappa shape index (κ1) is 25.2. The summed E-state index contributed by atoms with van der Waals surface area (Å²) in [5.74, 6) is -1.81. The molecule has 1 unspecified atom stereocenters. The first-order valence-electron chi connectivity index (χ1n) is 11.5. The van der Waals surface area contributed by atoms with Crippen molar-refractivity contribution in [1.29, 1.82) is 10.5 Å². The van der Waals surface area contributed by atoms with Crippen molar-refractivity contribution in [3.05, 3.63) is 81.3 Å². The monoisotopic (exact) mass is 506 g/mol. The molecule has 2 aromatic rings. The molecule has 1 aromatic heterocycles. The van der Waals surface area contributed by atoms with E-state index in [0.29, 0.717) is 16.2 Å². The smallest absolute Gasteiger partial charge is 0.338 e. The number of aromatic nitrogens is 1. The van der Waals surface area contributed by atoms with Crippen LogP contribution < -0.4 is 10.6 Å². The highest BCUT2D eigenvalue weighted by atomic mass is 32.2. The lowest BCUT2D eigenvalue weighted by Gasteiger charge is -2.28. The van der Waals surface area contributed by atoms with Gasteiger partial charge in [-0.25, -0.2) is 14.2 Å². The second-order valence-corrected chi connectivity index (χ2v) is 9.48. The van der Waals surface area contributed by atoms with Gasteiger partial charge in [-0.3, -0.25) is 0 Å². The van der Waals surface area contributed by atoms with Gasteiger partial charge in [-0.2, -0.15) is 10.5 Å². The first-order valence-corrected chi connectivity index (χ1v) is 12.4. The fourth-order valence-electron chi connectivity index (χ4n) is 4.36. The number of benzene rings is 1. The van der Waals surface area contributed by atoms with E-state index in [2.05, 4.69) is 13.1 Å². The van der Waals surface area contributed by atoms with Crippen LogP contribution in [0.5, 0.6) is 0 Å². The van der Waals surface area contributed by atoms with Crippen LogP contribution in [0.25, 0.3) is 0 Å². The number of halogens is 1. The fourth-order valence-corrected chi connectivity index (χ4v) is 5.28. The Morgan fingerprint density at radius 1 is 1.33 bits per heavy atom. The van der Waals surface area contributed by atoms with Crippen LogP contribution in [0.3, 0.4) is 0 Å². The van der Waals surface area contributed by atoms with Crippen LogP contribution in [-0.2, 0) is 27.2 Å². The highest BCUT2D eigenvalue weighted by Crippen LogP contribution is 2.41. The fraction of sp³-hybridized carbons (Fsp3) is 0.308.